The fraction of sp³-hybridized carbons (Fsp3) is 0.632. The van der Waals surface area contributed by atoms with E-state index in [4.69, 9.17) is 0 Å². The van der Waals surface area contributed by atoms with Crippen molar-refractivity contribution in [1.29, 1.82) is 0 Å². The van der Waals surface area contributed by atoms with Gasteiger partial charge in [-0.15, -0.1) is 0 Å². The lowest BCUT2D eigenvalue weighted by molar-refractivity contribution is -0.118. The molecule has 0 bridgehead atoms. The average Bonchev–Trinajstić information content (AvgIpc) is 2.83. The first-order valence-electron chi connectivity index (χ1n) is 8.76. The third kappa shape index (κ3) is 3.77. The second-order valence-electron chi connectivity index (χ2n) is 7.98. The van der Waals surface area contributed by atoms with Gasteiger partial charge in [0.1, 0.15) is 5.52 Å². The van der Waals surface area contributed by atoms with Crippen molar-refractivity contribution in [3.05, 3.63) is 17.8 Å². The quantitative estimate of drug-likeness (QED) is 0.868. The Labute approximate surface area is 144 Å². The van der Waals surface area contributed by atoms with Crippen molar-refractivity contribution in [2.45, 2.75) is 73.3 Å². The summed E-state index contributed by atoms with van der Waals surface area (Å²) in [6.45, 7) is 14.7. The molecule has 24 heavy (non-hydrogen) atoms. The predicted molar refractivity (Wildman–Crippen MR) is 99.2 cm³/mol. The number of imidazole rings is 1. The molecule has 1 N–H and O–H groups in total. The van der Waals surface area contributed by atoms with Gasteiger partial charge in [0.2, 0.25) is 11.9 Å². The molecule has 1 amide bonds. The number of carbonyl (C=O) groups is 1. The van der Waals surface area contributed by atoms with Crippen LogP contribution in [-0.2, 0) is 10.3 Å². The molecule has 0 aromatic carbocycles. The Morgan fingerprint density at radius 3 is 2.29 bits per heavy atom. The number of aromatic nitrogens is 3. The van der Waals surface area contributed by atoms with E-state index in [1.165, 1.54) is 0 Å². The molecule has 0 spiro atoms. The maximum absolute atomic E-state index is 12.6. The number of anilines is 1. The normalized spacial score (nSPS) is 12.6. The van der Waals surface area contributed by atoms with Crippen molar-refractivity contribution >= 4 is 23.0 Å². The van der Waals surface area contributed by atoms with Crippen LogP contribution in [0.2, 0.25) is 0 Å². The molecule has 0 saturated carbocycles. The first-order chi connectivity index (χ1) is 11.1. The number of hydrogen-bond acceptors (Lipinski definition) is 3. The summed E-state index contributed by atoms with van der Waals surface area (Å²) in [6, 6.07) is 3.90. The van der Waals surface area contributed by atoms with Gasteiger partial charge in [0.15, 0.2) is 5.65 Å². The Balaban J connectivity index is 2.40. The van der Waals surface area contributed by atoms with Crippen molar-refractivity contribution in [2.24, 2.45) is 5.41 Å². The van der Waals surface area contributed by atoms with Crippen LogP contribution in [0.4, 0.5) is 5.95 Å². The van der Waals surface area contributed by atoms with Crippen LogP contribution in [0.25, 0.3) is 11.2 Å². The largest absolute Gasteiger partial charge is 0.296 e. The van der Waals surface area contributed by atoms with E-state index in [2.05, 4.69) is 56.8 Å². The molecule has 2 heterocycles. The Morgan fingerprint density at radius 1 is 1.12 bits per heavy atom. The number of aryl methyl sites for hydroxylation is 1. The fourth-order valence-corrected chi connectivity index (χ4v) is 2.83. The Hall–Kier alpha value is -1.91. The first kappa shape index (κ1) is 18.4. The highest BCUT2D eigenvalue weighted by Crippen LogP contribution is 2.31. The van der Waals surface area contributed by atoms with Crippen LogP contribution >= 0.6 is 0 Å². The molecule has 132 valence electrons. The molecular weight excluding hydrogens is 300 g/mol. The maximum Gasteiger partial charge on any atom is 0.227 e. The standard InChI is InChI=1S/C19H30N4O/c1-8-19(7,9-2)12-15(24)22-17-21-14-11-10-13(3)20-16(14)23(17)18(4,5)6/h10-11H,8-9,12H2,1-7H3,(H,21,22,24). The minimum absolute atomic E-state index is 0.0127. The molecule has 0 unspecified atom stereocenters. The van der Waals surface area contributed by atoms with Crippen LogP contribution in [0.1, 0.15) is 66.5 Å². The Kier molecular flexibility index (Phi) is 5.02. The number of nitrogens with one attached hydrogen (secondary N) is 1. The van der Waals surface area contributed by atoms with Crippen molar-refractivity contribution in [3.8, 4) is 0 Å². The zero-order chi connectivity index (χ0) is 18.1. The van der Waals surface area contributed by atoms with E-state index < -0.39 is 0 Å². The van der Waals surface area contributed by atoms with E-state index in [0.717, 1.165) is 29.7 Å². The maximum atomic E-state index is 12.6. The number of nitrogens with zero attached hydrogens (tertiary/aromatic N) is 3. The monoisotopic (exact) mass is 330 g/mol. The molecule has 0 saturated heterocycles. The van der Waals surface area contributed by atoms with Crippen LogP contribution in [0, 0.1) is 12.3 Å². The Bertz CT molecular complexity index is 736. The lowest BCUT2D eigenvalue weighted by Gasteiger charge is -2.27. The van der Waals surface area contributed by atoms with Gasteiger partial charge in [0.05, 0.1) is 0 Å². The van der Waals surface area contributed by atoms with Gasteiger partial charge in [0.25, 0.3) is 0 Å². The summed E-state index contributed by atoms with van der Waals surface area (Å²) in [7, 11) is 0. The minimum atomic E-state index is -0.225. The van der Waals surface area contributed by atoms with Gasteiger partial charge in [-0.1, -0.05) is 33.6 Å². The summed E-state index contributed by atoms with van der Waals surface area (Å²) in [5.74, 6) is 0.592. The fourth-order valence-electron chi connectivity index (χ4n) is 2.83. The average molecular weight is 330 g/mol. The van der Waals surface area contributed by atoms with Gasteiger partial charge < -0.3 is 0 Å². The van der Waals surface area contributed by atoms with Gasteiger partial charge >= 0.3 is 0 Å². The van der Waals surface area contributed by atoms with Gasteiger partial charge in [0, 0.05) is 17.7 Å². The zero-order valence-corrected chi connectivity index (χ0v) is 16.0. The Morgan fingerprint density at radius 2 is 1.75 bits per heavy atom. The van der Waals surface area contributed by atoms with E-state index in [-0.39, 0.29) is 16.9 Å². The first-order valence-corrected chi connectivity index (χ1v) is 8.76. The molecule has 2 rings (SSSR count). The number of rotatable bonds is 5. The molecule has 0 aliphatic rings. The summed E-state index contributed by atoms with van der Waals surface area (Å²) in [6.07, 6.45) is 2.46. The van der Waals surface area contributed by atoms with Crippen LogP contribution < -0.4 is 5.32 Å². The summed E-state index contributed by atoms with van der Waals surface area (Å²) in [5.41, 5.74) is 2.36. The van der Waals surface area contributed by atoms with Crippen LogP contribution in [-0.4, -0.2) is 20.4 Å². The van der Waals surface area contributed by atoms with Gasteiger partial charge in [-0.25, -0.2) is 9.97 Å². The highest BCUT2D eigenvalue weighted by Gasteiger charge is 2.27. The molecular formula is C19H30N4O. The van der Waals surface area contributed by atoms with Crippen LogP contribution in [0.5, 0.6) is 0 Å². The van der Waals surface area contributed by atoms with Gasteiger partial charge in [-0.2, -0.15) is 0 Å². The molecule has 5 heteroatoms. The SMILES string of the molecule is CCC(C)(CC)CC(=O)Nc1nc2ccc(C)nc2n1C(C)(C)C. The number of carbonyl (C=O) groups excluding carboxylic acids is 1. The number of pyridine rings is 1. The minimum Gasteiger partial charge on any atom is -0.296 e. The molecule has 0 radical (unpaired) electrons. The molecule has 0 atom stereocenters. The highest BCUT2D eigenvalue weighted by atomic mass is 16.1. The molecule has 2 aromatic rings. The van der Waals surface area contributed by atoms with Crippen molar-refractivity contribution < 1.29 is 4.79 Å². The molecule has 0 aliphatic carbocycles. The van der Waals surface area contributed by atoms with Crippen molar-refractivity contribution in [2.75, 3.05) is 5.32 Å². The second-order valence-corrected chi connectivity index (χ2v) is 7.98. The topological polar surface area (TPSA) is 59.8 Å². The van der Waals surface area contributed by atoms with E-state index in [0.29, 0.717) is 12.4 Å². The van der Waals surface area contributed by atoms with Crippen LogP contribution in [0.3, 0.4) is 0 Å². The van der Waals surface area contributed by atoms with E-state index in [1.54, 1.807) is 0 Å². The van der Waals surface area contributed by atoms with Gasteiger partial charge in [-0.3, -0.25) is 14.7 Å². The summed E-state index contributed by atoms with van der Waals surface area (Å²) in [5, 5.41) is 3.02. The van der Waals surface area contributed by atoms with E-state index in [9.17, 15) is 4.79 Å². The number of hydrogen-bond donors (Lipinski definition) is 1. The third-order valence-electron chi connectivity index (χ3n) is 4.86. The smallest absolute Gasteiger partial charge is 0.227 e. The summed E-state index contributed by atoms with van der Waals surface area (Å²) < 4.78 is 2.02. The lowest BCUT2D eigenvalue weighted by atomic mass is 9.81. The zero-order valence-electron chi connectivity index (χ0n) is 16.0. The number of fused-ring (bicyclic) bond motifs is 1. The second kappa shape index (κ2) is 6.54. The van der Waals surface area contributed by atoms with Crippen LogP contribution in [0.15, 0.2) is 12.1 Å². The van der Waals surface area contributed by atoms with Gasteiger partial charge in [-0.05, 0) is 45.2 Å². The molecule has 0 fully saturated rings. The third-order valence-corrected chi connectivity index (χ3v) is 4.86. The number of amides is 1. The molecule has 0 aliphatic heterocycles. The van der Waals surface area contributed by atoms with E-state index in [1.807, 2.05) is 23.6 Å². The van der Waals surface area contributed by atoms with E-state index >= 15 is 0 Å². The van der Waals surface area contributed by atoms with Crippen molar-refractivity contribution in [1.82, 2.24) is 14.5 Å². The molecule has 2 aromatic heterocycles. The lowest BCUT2D eigenvalue weighted by Crippen LogP contribution is -2.28. The predicted octanol–water partition coefficient (Wildman–Crippen LogP) is 4.65. The highest BCUT2D eigenvalue weighted by molar-refractivity contribution is 5.91. The molecule has 5 nitrogen and oxygen atoms in total. The summed E-state index contributed by atoms with van der Waals surface area (Å²) >= 11 is 0. The van der Waals surface area contributed by atoms with Crippen molar-refractivity contribution in [3.63, 3.8) is 0 Å². The summed E-state index contributed by atoms with van der Waals surface area (Å²) in [4.78, 5) is 21.8.